The summed E-state index contributed by atoms with van der Waals surface area (Å²) in [6, 6.07) is 12.0. The number of para-hydroxylation sites is 1. The second kappa shape index (κ2) is 5.96. The number of benzene rings is 2. The number of hydrogen-bond acceptors (Lipinski definition) is 3. The van der Waals surface area contributed by atoms with Gasteiger partial charge in [-0.15, -0.1) is 0 Å². The number of carbonyl (C=O) groups is 1. The first-order chi connectivity index (χ1) is 11.7. The number of amides is 1. The van der Waals surface area contributed by atoms with Crippen LogP contribution < -0.4 is 10.1 Å². The van der Waals surface area contributed by atoms with Crippen molar-refractivity contribution in [1.29, 1.82) is 0 Å². The number of nitrogens with zero attached hydrogens (tertiary/aromatic N) is 1. The molecule has 0 saturated heterocycles. The standard InChI is InChI=1S/C18H16FN3O2/c19-11-5-6-14-15(9-11)22-17(21-14)10-20-18(23)13-7-8-24-16-4-2-1-3-12(13)16/h1-6,9,13H,7-8,10H2,(H,20,23)(H,21,22). The first-order valence-electron chi connectivity index (χ1n) is 7.84. The predicted molar refractivity (Wildman–Crippen MR) is 87.2 cm³/mol. The van der Waals surface area contributed by atoms with Crippen molar-refractivity contribution in [3.63, 3.8) is 0 Å². The highest BCUT2D eigenvalue weighted by Gasteiger charge is 2.27. The number of hydrogen-bond donors (Lipinski definition) is 2. The lowest BCUT2D eigenvalue weighted by Crippen LogP contribution is -2.32. The second-order valence-corrected chi connectivity index (χ2v) is 5.79. The number of imidazole rings is 1. The number of ether oxygens (including phenoxy) is 1. The molecule has 2 heterocycles. The van der Waals surface area contributed by atoms with E-state index < -0.39 is 0 Å². The van der Waals surface area contributed by atoms with Crippen molar-refractivity contribution in [2.75, 3.05) is 6.61 Å². The molecule has 122 valence electrons. The minimum atomic E-state index is -0.319. The van der Waals surface area contributed by atoms with Gasteiger partial charge in [0.25, 0.3) is 0 Å². The molecule has 6 heteroatoms. The Labute approximate surface area is 137 Å². The van der Waals surface area contributed by atoms with Crippen molar-refractivity contribution in [3.05, 3.63) is 59.7 Å². The summed E-state index contributed by atoms with van der Waals surface area (Å²) in [6.07, 6.45) is 0.647. The second-order valence-electron chi connectivity index (χ2n) is 5.79. The number of H-pyrrole nitrogens is 1. The van der Waals surface area contributed by atoms with E-state index in [-0.39, 0.29) is 24.2 Å². The molecule has 1 aliphatic rings. The van der Waals surface area contributed by atoms with Crippen LogP contribution >= 0.6 is 0 Å². The van der Waals surface area contributed by atoms with Gasteiger partial charge in [-0.05, 0) is 30.7 Å². The SMILES string of the molecule is O=C(NCc1nc2ccc(F)cc2[nH]1)C1CCOc2ccccc21. The Balaban J connectivity index is 1.48. The summed E-state index contributed by atoms with van der Waals surface area (Å²) in [5, 5.41) is 2.90. The zero-order valence-electron chi connectivity index (χ0n) is 12.9. The Morgan fingerprint density at radius 3 is 3.12 bits per heavy atom. The van der Waals surface area contributed by atoms with Crippen LogP contribution in [-0.2, 0) is 11.3 Å². The van der Waals surface area contributed by atoms with Crippen LogP contribution in [0, 0.1) is 5.82 Å². The lowest BCUT2D eigenvalue weighted by molar-refractivity contribution is -0.123. The van der Waals surface area contributed by atoms with Crippen LogP contribution in [0.2, 0.25) is 0 Å². The third-order valence-corrected chi connectivity index (χ3v) is 4.20. The van der Waals surface area contributed by atoms with E-state index in [1.165, 1.54) is 12.1 Å². The Morgan fingerprint density at radius 2 is 2.21 bits per heavy atom. The maximum atomic E-state index is 13.2. The van der Waals surface area contributed by atoms with Crippen LogP contribution in [-0.4, -0.2) is 22.5 Å². The topological polar surface area (TPSA) is 67.0 Å². The van der Waals surface area contributed by atoms with Gasteiger partial charge in [0.2, 0.25) is 5.91 Å². The van der Waals surface area contributed by atoms with E-state index in [9.17, 15) is 9.18 Å². The van der Waals surface area contributed by atoms with Crippen molar-refractivity contribution >= 4 is 16.9 Å². The van der Waals surface area contributed by atoms with Gasteiger partial charge in [-0.25, -0.2) is 9.37 Å². The fourth-order valence-electron chi connectivity index (χ4n) is 3.03. The third kappa shape index (κ3) is 2.71. The molecule has 3 aromatic rings. The van der Waals surface area contributed by atoms with Crippen molar-refractivity contribution in [2.24, 2.45) is 0 Å². The van der Waals surface area contributed by atoms with Crippen LogP contribution in [0.15, 0.2) is 42.5 Å². The highest BCUT2D eigenvalue weighted by Crippen LogP contribution is 2.33. The highest BCUT2D eigenvalue weighted by atomic mass is 19.1. The van der Waals surface area contributed by atoms with E-state index in [1.807, 2.05) is 24.3 Å². The zero-order valence-corrected chi connectivity index (χ0v) is 12.9. The van der Waals surface area contributed by atoms with Gasteiger partial charge in [0.05, 0.1) is 30.1 Å². The summed E-state index contributed by atoms with van der Waals surface area (Å²) < 4.78 is 18.8. The van der Waals surface area contributed by atoms with Crippen LogP contribution in [0.25, 0.3) is 11.0 Å². The quantitative estimate of drug-likeness (QED) is 0.778. The summed E-state index contributed by atoms with van der Waals surface area (Å²) in [5.74, 6) is 0.766. The number of rotatable bonds is 3. The van der Waals surface area contributed by atoms with Gasteiger partial charge < -0.3 is 15.0 Å². The van der Waals surface area contributed by atoms with Crippen molar-refractivity contribution in [2.45, 2.75) is 18.9 Å². The molecule has 0 bridgehead atoms. The molecule has 1 unspecified atom stereocenters. The molecular weight excluding hydrogens is 309 g/mol. The van der Waals surface area contributed by atoms with Crippen molar-refractivity contribution < 1.29 is 13.9 Å². The molecule has 1 atom stereocenters. The molecule has 0 saturated carbocycles. The van der Waals surface area contributed by atoms with E-state index in [1.54, 1.807) is 6.07 Å². The first kappa shape index (κ1) is 14.7. The molecular formula is C18H16FN3O2. The minimum absolute atomic E-state index is 0.0580. The van der Waals surface area contributed by atoms with Crippen molar-refractivity contribution in [3.8, 4) is 5.75 Å². The molecule has 0 spiro atoms. The first-order valence-corrected chi connectivity index (χ1v) is 7.84. The lowest BCUT2D eigenvalue weighted by Gasteiger charge is -2.24. The zero-order chi connectivity index (χ0) is 16.5. The lowest BCUT2D eigenvalue weighted by atomic mass is 9.92. The number of nitrogens with one attached hydrogen (secondary N) is 2. The molecule has 0 radical (unpaired) electrons. The van der Waals surface area contributed by atoms with E-state index >= 15 is 0 Å². The van der Waals surface area contributed by atoms with Crippen LogP contribution in [0.5, 0.6) is 5.75 Å². The smallest absolute Gasteiger partial charge is 0.228 e. The molecule has 2 aromatic carbocycles. The summed E-state index contributed by atoms with van der Waals surface area (Å²) in [6.45, 7) is 0.799. The molecule has 4 rings (SSSR count). The van der Waals surface area contributed by atoms with Gasteiger partial charge in [0, 0.05) is 5.56 Å². The van der Waals surface area contributed by atoms with Gasteiger partial charge in [-0.1, -0.05) is 18.2 Å². The number of halogens is 1. The highest BCUT2D eigenvalue weighted by molar-refractivity contribution is 5.84. The van der Waals surface area contributed by atoms with Crippen molar-refractivity contribution in [1.82, 2.24) is 15.3 Å². The van der Waals surface area contributed by atoms with E-state index in [0.29, 0.717) is 29.9 Å². The summed E-state index contributed by atoms with van der Waals surface area (Å²) in [4.78, 5) is 19.9. The maximum absolute atomic E-state index is 13.2. The van der Waals surface area contributed by atoms with E-state index in [0.717, 1.165) is 11.3 Å². The van der Waals surface area contributed by atoms with Gasteiger partial charge in [-0.3, -0.25) is 4.79 Å². The number of fused-ring (bicyclic) bond motifs is 2. The molecule has 0 fully saturated rings. The summed E-state index contributed by atoms with van der Waals surface area (Å²) in [7, 11) is 0. The fraction of sp³-hybridized carbons (Fsp3) is 0.222. The average molecular weight is 325 g/mol. The van der Waals surface area contributed by atoms with Crippen LogP contribution in [0.3, 0.4) is 0 Å². The van der Waals surface area contributed by atoms with Gasteiger partial charge in [0.15, 0.2) is 0 Å². The fourth-order valence-corrected chi connectivity index (χ4v) is 3.03. The Bertz CT molecular complexity index is 906. The number of aromatic amines is 1. The van der Waals surface area contributed by atoms with Crippen LogP contribution in [0.1, 0.15) is 23.7 Å². The molecule has 1 aromatic heterocycles. The van der Waals surface area contributed by atoms with Gasteiger partial charge >= 0.3 is 0 Å². The molecule has 1 aliphatic heterocycles. The normalized spacial score (nSPS) is 16.5. The Hall–Kier alpha value is -2.89. The third-order valence-electron chi connectivity index (χ3n) is 4.20. The van der Waals surface area contributed by atoms with Crippen LogP contribution in [0.4, 0.5) is 4.39 Å². The van der Waals surface area contributed by atoms with E-state index in [2.05, 4.69) is 15.3 Å². The predicted octanol–water partition coefficient (Wildman–Crippen LogP) is 2.88. The van der Waals surface area contributed by atoms with Gasteiger partial charge in [0.1, 0.15) is 17.4 Å². The monoisotopic (exact) mass is 325 g/mol. The molecule has 24 heavy (non-hydrogen) atoms. The molecule has 2 N–H and O–H groups in total. The Kier molecular flexibility index (Phi) is 3.65. The maximum Gasteiger partial charge on any atom is 0.228 e. The summed E-state index contributed by atoms with van der Waals surface area (Å²) in [5.41, 5.74) is 2.21. The largest absolute Gasteiger partial charge is 0.493 e. The summed E-state index contributed by atoms with van der Waals surface area (Å²) >= 11 is 0. The number of aromatic nitrogens is 2. The van der Waals surface area contributed by atoms with E-state index in [4.69, 9.17) is 4.74 Å². The average Bonchev–Trinajstić information content (AvgIpc) is 3.01. The molecule has 5 nitrogen and oxygen atoms in total. The Morgan fingerprint density at radius 1 is 1.33 bits per heavy atom. The molecule has 1 amide bonds. The van der Waals surface area contributed by atoms with Gasteiger partial charge in [-0.2, -0.15) is 0 Å². The number of carbonyl (C=O) groups excluding carboxylic acids is 1. The molecule has 0 aliphatic carbocycles. The minimum Gasteiger partial charge on any atom is -0.493 e.